The summed E-state index contributed by atoms with van der Waals surface area (Å²) in [5.74, 6) is -2.19. The zero-order valence-electron chi connectivity index (χ0n) is 8.98. The second-order valence-electron chi connectivity index (χ2n) is 3.60. The Kier molecular flexibility index (Phi) is 3.34. The number of anilines is 3. The lowest BCUT2D eigenvalue weighted by Gasteiger charge is -2.11. The van der Waals surface area contributed by atoms with Gasteiger partial charge in [0.1, 0.15) is 17.5 Å². The highest BCUT2D eigenvalue weighted by atomic mass is 35.5. The number of nitrogen functional groups attached to an aromatic ring is 1. The van der Waals surface area contributed by atoms with E-state index in [1.54, 1.807) is 0 Å². The molecule has 2 nitrogen and oxygen atoms in total. The number of nitrogens with two attached hydrogens (primary N) is 1. The topological polar surface area (TPSA) is 38.0 Å². The fourth-order valence-electron chi connectivity index (χ4n) is 1.41. The van der Waals surface area contributed by atoms with Gasteiger partial charge in [-0.05, 0) is 18.2 Å². The molecule has 0 saturated carbocycles. The molecule has 0 spiro atoms. The first kappa shape index (κ1) is 12.6. The van der Waals surface area contributed by atoms with E-state index < -0.39 is 17.5 Å². The molecule has 0 aromatic heterocycles. The number of nitrogens with one attached hydrogen (secondary N) is 1. The number of halogens is 4. The molecule has 0 radical (unpaired) electrons. The normalized spacial score (nSPS) is 10.4. The van der Waals surface area contributed by atoms with Gasteiger partial charge in [0.2, 0.25) is 0 Å². The zero-order chi connectivity index (χ0) is 13.3. The van der Waals surface area contributed by atoms with Gasteiger partial charge >= 0.3 is 0 Å². The summed E-state index contributed by atoms with van der Waals surface area (Å²) in [6, 6.07) is 5.23. The molecular weight excluding hydrogens is 265 g/mol. The van der Waals surface area contributed by atoms with Crippen molar-refractivity contribution in [2.75, 3.05) is 11.1 Å². The summed E-state index contributed by atoms with van der Waals surface area (Å²) in [7, 11) is 0. The largest absolute Gasteiger partial charge is 0.397 e. The van der Waals surface area contributed by atoms with E-state index in [0.29, 0.717) is 6.07 Å². The molecule has 0 saturated heterocycles. The van der Waals surface area contributed by atoms with Crippen molar-refractivity contribution in [1.82, 2.24) is 0 Å². The SMILES string of the molecule is Nc1cc(Cl)c(F)cc1Nc1ccc(F)cc1F. The monoisotopic (exact) mass is 272 g/mol. The first-order valence-corrected chi connectivity index (χ1v) is 5.32. The molecule has 0 aliphatic heterocycles. The fraction of sp³-hybridized carbons (Fsp3) is 0. The van der Waals surface area contributed by atoms with Crippen LogP contribution in [0.2, 0.25) is 5.02 Å². The summed E-state index contributed by atoms with van der Waals surface area (Å²) in [6.45, 7) is 0. The Balaban J connectivity index is 2.37. The molecule has 0 fully saturated rings. The molecular formula is C12H8ClF3N2. The van der Waals surface area contributed by atoms with Crippen molar-refractivity contribution in [2.24, 2.45) is 0 Å². The van der Waals surface area contributed by atoms with Crippen LogP contribution in [0.1, 0.15) is 0 Å². The van der Waals surface area contributed by atoms with Crippen LogP contribution in [0, 0.1) is 17.5 Å². The molecule has 18 heavy (non-hydrogen) atoms. The molecule has 3 N–H and O–H groups in total. The summed E-state index contributed by atoms with van der Waals surface area (Å²) < 4.78 is 39.3. The average molecular weight is 273 g/mol. The van der Waals surface area contributed by atoms with E-state index in [2.05, 4.69) is 5.32 Å². The van der Waals surface area contributed by atoms with Crippen LogP contribution in [0.3, 0.4) is 0 Å². The third-order valence-corrected chi connectivity index (χ3v) is 2.58. The second-order valence-corrected chi connectivity index (χ2v) is 4.01. The average Bonchev–Trinajstić information content (AvgIpc) is 2.29. The second kappa shape index (κ2) is 4.78. The van der Waals surface area contributed by atoms with Gasteiger partial charge in [-0.3, -0.25) is 0 Å². The van der Waals surface area contributed by atoms with Gasteiger partial charge in [-0.15, -0.1) is 0 Å². The van der Waals surface area contributed by atoms with Crippen molar-refractivity contribution < 1.29 is 13.2 Å². The lowest BCUT2D eigenvalue weighted by Crippen LogP contribution is -1.99. The minimum Gasteiger partial charge on any atom is -0.397 e. The summed E-state index contributed by atoms with van der Waals surface area (Å²) >= 11 is 5.53. The molecule has 0 amide bonds. The third-order valence-electron chi connectivity index (χ3n) is 2.29. The summed E-state index contributed by atoms with van der Waals surface area (Å²) in [5.41, 5.74) is 5.91. The number of benzene rings is 2. The summed E-state index contributed by atoms with van der Waals surface area (Å²) in [5, 5.41) is 2.44. The van der Waals surface area contributed by atoms with E-state index in [4.69, 9.17) is 17.3 Å². The lowest BCUT2D eigenvalue weighted by atomic mass is 10.2. The van der Waals surface area contributed by atoms with E-state index in [-0.39, 0.29) is 22.1 Å². The van der Waals surface area contributed by atoms with E-state index in [9.17, 15) is 13.2 Å². The Hall–Kier alpha value is -1.88. The van der Waals surface area contributed by atoms with Crippen molar-refractivity contribution in [2.45, 2.75) is 0 Å². The zero-order valence-corrected chi connectivity index (χ0v) is 9.73. The summed E-state index contributed by atoms with van der Waals surface area (Å²) in [6.07, 6.45) is 0. The van der Waals surface area contributed by atoms with Crippen LogP contribution >= 0.6 is 11.6 Å². The smallest absolute Gasteiger partial charge is 0.149 e. The highest BCUT2D eigenvalue weighted by Gasteiger charge is 2.09. The minimum atomic E-state index is -0.801. The highest BCUT2D eigenvalue weighted by Crippen LogP contribution is 2.29. The van der Waals surface area contributed by atoms with Crippen molar-refractivity contribution in [3.05, 3.63) is 52.8 Å². The number of hydrogen-bond acceptors (Lipinski definition) is 2. The van der Waals surface area contributed by atoms with Gasteiger partial charge in [0.15, 0.2) is 0 Å². The summed E-state index contributed by atoms with van der Waals surface area (Å²) in [4.78, 5) is 0. The number of hydrogen-bond donors (Lipinski definition) is 2. The van der Waals surface area contributed by atoms with Gasteiger partial charge in [0.25, 0.3) is 0 Å². The Morgan fingerprint density at radius 3 is 2.33 bits per heavy atom. The lowest BCUT2D eigenvalue weighted by molar-refractivity contribution is 0.586. The van der Waals surface area contributed by atoms with E-state index in [0.717, 1.165) is 12.1 Å². The van der Waals surface area contributed by atoms with Gasteiger partial charge in [-0.1, -0.05) is 11.6 Å². The van der Waals surface area contributed by atoms with Gasteiger partial charge in [0.05, 0.1) is 22.1 Å². The molecule has 0 aliphatic carbocycles. The molecule has 0 unspecified atom stereocenters. The van der Waals surface area contributed by atoms with Crippen LogP contribution in [-0.2, 0) is 0 Å². The van der Waals surface area contributed by atoms with E-state index >= 15 is 0 Å². The van der Waals surface area contributed by atoms with Gasteiger partial charge in [-0.2, -0.15) is 0 Å². The quantitative estimate of drug-likeness (QED) is 0.808. The van der Waals surface area contributed by atoms with Crippen LogP contribution in [0.5, 0.6) is 0 Å². The van der Waals surface area contributed by atoms with Crippen molar-refractivity contribution in [3.8, 4) is 0 Å². The van der Waals surface area contributed by atoms with E-state index in [1.165, 1.54) is 12.1 Å². The molecule has 0 aliphatic rings. The van der Waals surface area contributed by atoms with Crippen molar-refractivity contribution in [1.29, 1.82) is 0 Å². The van der Waals surface area contributed by atoms with Crippen LogP contribution < -0.4 is 11.1 Å². The first-order valence-electron chi connectivity index (χ1n) is 4.94. The van der Waals surface area contributed by atoms with Crippen LogP contribution in [-0.4, -0.2) is 0 Å². The molecule has 0 atom stereocenters. The third kappa shape index (κ3) is 2.51. The molecule has 0 heterocycles. The predicted octanol–water partition coefficient (Wildman–Crippen LogP) is 4.08. The Labute approximate surface area is 106 Å². The Bertz CT molecular complexity index is 602. The van der Waals surface area contributed by atoms with Gasteiger partial charge in [0, 0.05) is 12.1 Å². The minimum absolute atomic E-state index is 0.00942. The fourth-order valence-corrected chi connectivity index (χ4v) is 1.58. The van der Waals surface area contributed by atoms with Crippen LogP contribution in [0.25, 0.3) is 0 Å². The van der Waals surface area contributed by atoms with Crippen LogP contribution in [0.15, 0.2) is 30.3 Å². The standard InChI is InChI=1S/C12H8ClF3N2/c13-7-4-10(17)12(5-8(7)15)18-11-2-1-6(14)3-9(11)16/h1-5,18H,17H2. The molecule has 6 heteroatoms. The number of rotatable bonds is 2. The predicted molar refractivity (Wildman–Crippen MR) is 65.5 cm³/mol. The molecule has 2 rings (SSSR count). The molecule has 2 aromatic carbocycles. The molecule has 2 aromatic rings. The van der Waals surface area contributed by atoms with Crippen molar-refractivity contribution in [3.63, 3.8) is 0 Å². The Morgan fingerprint density at radius 1 is 0.944 bits per heavy atom. The maximum atomic E-state index is 13.4. The molecule has 94 valence electrons. The molecule has 0 bridgehead atoms. The van der Waals surface area contributed by atoms with Gasteiger partial charge in [-0.25, -0.2) is 13.2 Å². The van der Waals surface area contributed by atoms with Crippen LogP contribution in [0.4, 0.5) is 30.2 Å². The maximum Gasteiger partial charge on any atom is 0.149 e. The highest BCUT2D eigenvalue weighted by molar-refractivity contribution is 6.31. The maximum absolute atomic E-state index is 13.4. The van der Waals surface area contributed by atoms with Gasteiger partial charge < -0.3 is 11.1 Å². The van der Waals surface area contributed by atoms with E-state index in [1.807, 2.05) is 0 Å². The van der Waals surface area contributed by atoms with Crippen molar-refractivity contribution >= 4 is 28.7 Å². The first-order chi connectivity index (χ1) is 8.47. The Morgan fingerprint density at radius 2 is 1.67 bits per heavy atom.